The smallest absolute Gasteiger partial charge is 0.139 e. The summed E-state index contributed by atoms with van der Waals surface area (Å²) in [6.07, 6.45) is 18.6. The lowest BCUT2D eigenvalue weighted by Crippen LogP contribution is -2.25. The minimum absolute atomic E-state index is 0.0883. The lowest BCUT2D eigenvalue weighted by molar-refractivity contribution is -0.121. The van der Waals surface area contributed by atoms with E-state index in [4.69, 9.17) is 11.5 Å². The van der Waals surface area contributed by atoms with Gasteiger partial charge in [-0.15, -0.1) is 6.42 Å². The van der Waals surface area contributed by atoms with Crippen LogP contribution in [0.1, 0.15) is 64.7 Å². The summed E-state index contributed by atoms with van der Waals surface area (Å²) in [6.45, 7) is 2.26. The lowest BCUT2D eigenvalue weighted by Gasteiger charge is -2.21. The highest BCUT2D eigenvalue weighted by Crippen LogP contribution is 2.33. The van der Waals surface area contributed by atoms with Crippen LogP contribution >= 0.6 is 0 Å². The van der Waals surface area contributed by atoms with E-state index in [9.17, 15) is 15.0 Å². The van der Waals surface area contributed by atoms with Crippen molar-refractivity contribution < 1.29 is 20.1 Å². The van der Waals surface area contributed by atoms with Gasteiger partial charge in [-0.2, -0.15) is 0 Å². The summed E-state index contributed by atoms with van der Waals surface area (Å²) in [5, 5.41) is 29.4. The van der Waals surface area contributed by atoms with E-state index in [0.29, 0.717) is 19.3 Å². The third kappa shape index (κ3) is 7.45. The zero-order valence-corrected chi connectivity index (χ0v) is 15.9. The Kier molecular flexibility index (Phi) is 10.5. The van der Waals surface area contributed by atoms with Crippen LogP contribution in [0, 0.1) is 24.2 Å². The van der Waals surface area contributed by atoms with Crippen molar-refractivity contribution in [1.82, 2.24) is 0 Å². The van der Waals surface area contributed by atoms with E-state index in [1.165, 1.54) is 0 Å². The molecule has 1 saturated carbocycles. The second-order valence-corrected chi connectivity index (χ2v) is 7.26. The van der Waals surface area contributed by atoms with Crippen molar-refractivity contribution in [2.45, 2.75) is 76.4 Å². The summed E-state index contributed by atoms with van der Waals surface area (Å²) in [5.41, 5.74) is -1.15. The third-order valence-electron chi connectivity index (χ3n) is 5.09. The normalized spacial score (nSPS) is 25.8. The first-order valence-corrected chi connectivity index (χ1v) is 9.81. The molecule has 0 radical (unpaired) electrons. The minimum atomic E-state index is -1.15. The van der Waals surface area contributed by atoms with Gasteiger partial charge in [-0.1, -0.05) is 43.6 Å². The molecule has 1 aliphatic carbocycles. The van der Waals surface area contributed by atoms with Crippen molar-refractivity contribution in [2.24, 2.45) is 11.8 Å². The average molecular weight is 363 g/mol. The first-order chi connectivity index (χ1) is 12.5. The molecule has 0 heterocycles. The average Bonchev–Trinajstić information content (AvgIpc) is 2.89. The van der Waals surface area contributed by atoms with Crippen LogP contribution in [0.5, 0.6) is 0 Å². The highest BCUT2D eigenvalue weighted by molar-refractivity contribution is 5.84. The van der Waals surface area contributed by atoms with Gasteiger partial charge in [-0.05, 0) is 38.5 Å². The summed E-state index contributed by atoms with van der Waals surface area (Å²) in [7, 11) is 0. The number of aliphatic hydroxyl groups is 3. The van der Waals surface area contributed by atoms with Crippen LogP contribution in [0.25, 0.3) is 0 Å². The molecule has 1 fully saturated rings. The number of carbonyl (C=O) groups is 1. The molecular formula is C22H34O4. The second kappa shape index (κ2) is 12.1. The fourth-order valence-electron chi connectivity index (χ4n) is 3.38. The summed E-state index contributed by atoms with van der Waals surface area (Å²) in [4.78, 5) is 12.2. The minimum Gasteiger partial charge on any atom is -0.396 e. The van der Waals surface area contributed by atoms with Crippen molar-refractivity contribution >= 4 is 5.78 Å². The van der Waals surface area contributed by atoms with E-state index in [0.717, 1.165) is 32.1 Å². The molecule has 0 aromatic rings. The maximum atomic E-state index is 12.2. The van der Waals surface area contributed by atoms with Crippen molar-refractivity contribution in [3.63, 3.8) is 0 Å². The Labute approximate surface area is 158 Å². The SMILES string of the molecule is C#CC(O)(C/C=C/[C@H]1[C@H](O)CC(=O)[C@@H]1C/C=C\CCCCO)CCCC. The Bertz CT molecular complexity index is 517. The second-order valence-electron chi connectivity index (χ2n) is 7.26. The number of allylic oxidation sites excluding steroid dienone is 2. The lowest BCUT2D eigenvalue weighted by atomic mass is 9.88. The molecule has 4 atom stereocenters. The van der Waals surface area contributed by atoms with Gasteiger partial charge in [-0.25, -0.2) is 0 Å². The first kappa shape index (κ1) is 22.6. The van der Waals surface area contributed by atoms with Gasteiger partial charge in [0.1, 0.15) is 11.4 Å². The van der Waals surface area contributed by atoms with Crippen LogP contribution in [0.2, 0.25) is 0 Å². The molecule has 0 spiro atoms. The molecule has 0 aliphatic heterocycles. The van der Waals surface area contributed by atoms with Gasteiger partial charge < -0.3 is 15.3 Å². The number of hydrogen-bond donors (Lipinski definition) is 3. The van der Waals surface area contributed by atoms with Gasteiger partial charge in [0.05, 0.1) is 6.10 Å². The van der Waals surface area contributed by atoms with Gasteiger partial charge in [0.25, 0.3) is 0 Å². The summed E-state index contributed by atoms with van der Waals surface area (Å²) < 4.78 is 0. The molecule has 1 rings (SSSR count). The molecule has 1 unspecified atom stereocenters. The molecule has 4 nitrogen and oxygen atoms in total. The van der Waals surface area contributed by atoms with Crippen molar-refractivity contribution in [2.75, 3.05) is 6.61 Å². The number of carbonyl (C=O) groups excluding carboxylic acids is 1. The van der Waals surface area contributed by atoms with Gasteiger partial charge in [0, 0.05) is 31.3 Å². The maximum Gasteiger partial charge on any atom is 0.139 e. The summed E-state index contributed by atoms with van der Waals surface area (Å²) in [6, 6.07) is 0. The largest absolute Gasteiger partial charge is 0.396 e. The number of rotatable bonds is 12. The monoisotopic (exact) mass is 362 g/mol. The van der Waals surface area contributed by atoms with E-state index in [-0.39, 0.29) is 30.6 Å². The molecule has 0 saturated heterocycles. The Hall–Kier alpha value is -1.41. The molecule has 0 aromatic heterocycles. The maximum absolute atomic E-state index is 12.2. The van der Waals surface area contributed by atoms with Crippen molar-refractivity contribution in [3.05, 3.63) is 24.3 Å². The predicted octanol–water partition coefficient (Wildman–Crippen LogP) is 3.16. The standard InChI is InChI=1S/C22H34O4/c1-3-5-14-22(26,4-2)15-11-13-19-18(20(24)17-21(19)25)12-9-7-6-8-10-16-23/h2,7,9,11,13,18-19,21,23,25-26H,3,5-6,8,10,12,14-17H2,1H3/b9-7-,13-11+/t18-,19-,21-,22?/m1/s1. The number of aliphatic hydroxyl groups excluding tert-OH is 2. The van der Waals surface area contributed by atoms with Crippen LogP contribution < -0.4 is 0 Å². The fourth-order valence-corrected chi connectivity index (χ4v) is 3.38. The Morgan fingerprint density at radius 1 is 1.27 bits per heavy atom. The van der Waals surface area contributed by atoms with Crippen LogP contribution in [0.15, 0.2) is 24.3 Å². The van der Waals surface area contributed by atoms with Crippen LogP contribution in [0.3, 0.4) is 0 Å². The summed E-state index contributed by atoms with van der Waals surface area (Å²) in [5.74, 6) is 2.12. The highest BCUT2D eigenvalue weighted by atomic mass is 16.3. The van der Waals surface area contributed by atoms with Gasteiger partial charge in [-0.3, -0.25) is 4.79 Å². The number of unbranched alkanes of at least 4 members (excludes halogenated alkanes) is 3. The zero-order valence-electron chi connectivity index (χ0n) is 15.9. The predicted molar refractivity (Wildman–Crippen MR) is 104 cm³/mol. The zero-order chi connectivity index (χ0) is 19.4. The van der Waals surface area contributed by atoms with Crippen LogP contribution in [0.4, 0.5) is 0 Å². The Morgan fingerprint density at radius 3 is 2.69 bits per heavy atom. The van der Waals surface area contributed by atoms with E-state index >= 15 is 0 Å². The third-order valence-corrected chi connectivity index (χ3v) is 5.09. The van der Waals surface area contributed by atoms with Gasteiger partial charge in [0.15, 0.2) is 0 Å². The molecule has 26 heavy (non-hydrogen) atoms. The van der Waals surface area contributed by atoms with E-state index < -0.39 is 11.7 Å². The van der Waals surface area contributed by atoms with E-state index in [2.05, 4.69) is 12.8 Å². The number of Topliss-reactive ketones (excluding diaryl/α,β-unsaturated/α-hetero) is 1. The van der Waals surface area contributed by atoms with Crippen LogP contribution in [-0.2, 0) is 4.79 Å². The van der Waals surface area contributed by atoms with Gasteiger partial charge >= 0.3 is 0 Å². The molecule has 1 aliphatic rings. The molecule has 146 valence electrons. The Morgan fingerprint density at radius 2 is 2.04 bits per heavy atom. The molecule has 0 amide bonds. The fraction of sp³-hybridized carbons (Fsp3) is 0.682. The molecule has 0 aromatic carbocycles. The number of terminal acetylenes is 1. The molecule has 3 N–H and O–H groups in total. The van der Waals surface area contributed by atoms with Gasteiger partial charge in [0.2, 0.25) is 0 Å². The highest BCUT2D eigenvalue weighted by Gasteiger charge is 2.39. The number of hydrogen-bond acceptors (Lipinski definition) is 4. The molecule has 4 heteroatoms. The first-order valence-electron chi connectivity index (χ1n) is 9.81. The van der Waals surface area contributed by atoms with E-state index in [1.807, 2.05) is 24.3 Å². The number of ketones is 1. The molecule has 0 bridgehead atoms. The van der Waals surface area contributed by atoms with Crippen molar-refractivity contribution in [3.8, 4) is 12.3 Å². The Balaban J connectivity index is 2.60. The van der Waals surface area contributed by atoms with E-state index in [1.54, 1.807) is 0 Å². The molecular weight excluding hydrogens is 328 g/mol. The van der Waals surface area contributed by atoms with Crippen molar-refractivity contribution in [1.29, 1.82) is 0 Å². The summed E-state index contributed by atoms with van der Waals surface area (Å²) >= 11 is 0. The topological polar surface area (TPSA) is 77.8 Å². The van der Waals surface area contributed by atoms with Crippen LogP contribution in [-0.4, -0.2) is 39.4 Å². The quantitative estimate of drug-likeness (QED) is 0.283.